The van der Waals surface area contributed by atoms with Crippen LogP contribution >= 0.6 is 0 Å². The van der Waals surface area contributed by atoms with Crippen molar-refractivity contribution in [2.24, 2.45) is 5.41 Å². The Balaban J connectivity index is 2.09. The molecule has 1 aliphatic rings. The Bertz CT molecular complexity index is 416. The molecule has 1 amide bonds. The number of aryl methyl sites for hydroxylation is 1. The molecule has 0 spiro atoms. The number of hydrogen-bond donors (Lipinski definition) is 2. The van der Waals surface area contributed by atoms with Crippen LogP contribution in [0.4, 0.5) is 5.82 Å². The summed E-state index contributed by atoms with van der Waals surface area (Å²) in [5.74, 6) is 0.759. The summed E-state index contributed by atoms with van der Waals surface area (Å²) in [7, 11) is 0. The minimum atomic E-state index is -0.264. The summed E-state index contributed by atoms with van der Waals surface area (Å²) in [6.07, 6.45) is 5.76. The minimum Gasteiger partial charge on any atom is -0.316 e. The van der Waals surface area contributed by atoms with E-state index in [9.17, 15) is 4.79 Å². The van der Waals surface area contributed by atoms with Crippen molar-refractivity contribution in [2.75, 3.05) is 18.4 Å². The van der Waals surface area contributed by atoms with Crippen LogP contribution in [0.25, 0.3) is 0 Å². The van der Waals surface area contributed by atoms with E-state index in [1.165, 1.54) is 0 Å². The van der Waals surface area contributed by atoms with E-state index in [0.717, 1.165) is 44.3 Å². The monoisotopic (exact) mass is 261 g/mol. The maximum Gasteiger partial charge on any atom is 0.233 e. The lowest BCUT2D eigenvalue weighted by Gasteiger charge is -2.36. The molecule has 2 N–H and O–H groups in total. The zero-order valence-electron chi connectivity index (χ0n) is 11.8. The Hall–Kier alpha value is -1.42. The van der Waals surface area contributed by atoms with Gasteiger partial charge in [0.15, 0.2) is 0 Å². The number of carbonyl (C=O) groups is 1. The fraction of sp³-hybridized carbons (Fsp3) is 0.600. The van der Waals surface area contributed by atoms with Gasteiger partial charge in [0.25, 0.3) is 0 Å². The molecule has 1 fully saturated rings. The van der Waals surface area contributed by atoms with Crippen molar-refractivity contribution >= 4 is 11.7 Å². The van der Waals surface area contributed by atoms with Gasteiger partial charge in [0, 0.05) is 12.7 Å². The fourth-order valence-electron chi connectivity index (χ4n) is 2.76. The van der Waals surface area contributed by atoms with Crippen LogP contribution in [0.5, 0.6) is 0 Å². The third-order valence-corrected chi connectivity index (χ3v) is 3.84. The van der Waals surface area contributed by atoms with E-state index in [1.807, 2.05) is 19.1 Å². The smallest absolute Gasteiger partial charge is 0.233 e. The molecule has 104 valence electrons. The molecule has 0 bridgehead atoms. The predicted octanol–water partition coefficient (Wildman–Crippen LogP) is 2.50. The van der Waals surface area contributed by atoms with Gasteiger partial charge < -0.3 is 10.6 Å². The van der Waals surface area contributed by atoms with Crippen molar-refractivity contribution in [1.29, 1.82) is 0 Å². The van der Waals surface area contributed by atoms with E-state index in [4.69, 9.17) is 0 Å². The van der Waals surface area contributed by atoms with Crippen molar-refractivity contribution in [2.45, 2.75) is 39.5 Å². The number of amides is 1. The Labute approximate surface area is 115 Å². The van der Waals surface area contributed by atoms with Gasteiger partial charge in [-0.15, -0.1) is 0 Å². The van der Waals surface area contributed by atoms with Crippen LogP contribution in [-0.4, -0.2) is 24.0 Å². The number of aromatic nitrogens is 1. The van der Waals surface area contributed by atoms with Gasteiger partial charge in [-0.3, -0.25) is 4.79 Å². The molecule has 19 heavy (non-hydrogen) atoms. The second-order valence-corrected chi connectivity index (χ2v) is 5.49. The van der Waals surface area contributed by atoms with Crippen LogP contribution in [0, 0.1) is 12.3 Å². The topological polar surface area (TPSA) is 54.0 Å². The van der Waals surface area contributed by atoms with Gasteiger partial charge in [-0.05, 0) is 44.4 Å². The number of hydrogen-bond acceptors (Lipinski definition) is 3. The van der Waals surface area contributed by atoms with E-state index in [0.29, 0.717) is 5.82 Å². The van der Waals surface area contributed by atoms with Crippen LogP contribution in [0.15, 0.2) is 18.3 Å². The molecular weight excluding hydrogens is 238 g/mol. The second-order valence-electron chi connectivity index (χ2n) is 5.49. The first-order valence-corrected chi connectivity index (χ1v) is 7.11. The quantitative estimate of drug-likeness (QED) is 0.875. The van der Waals surface area contributed by atoms with E-state index < -0.39 is 0 Å². The van der Waals surface area contributed by atoms with Gasteiger partial charge >= 0.3 is 0 Å². The van der Waals surface area contributed by atoms with Gasteiger partial charge in [-0.1, -0.05) is 19.4 Å². The molecule has 2 heterocycles. The first-order valence-electron chi connectivity index (χ1n) is 7.11. The molecule has 0 aromatic carbocycles. The van der Waals surface area contributed by atoms with Crippen molar-refractivity contribution in [3.8, 4) is 0 Å². The summed E-state index contributed by atoms with van der Waals surface area (Å²) in [6, 6.07) is 3.83. The van der Waals surface area contributed by atoms with Crippen LogP contribution < -0.4 is 10.6 Å². The summed E-state index contributed by atoms with van der Waals surface area (Å²) in [5, 5.41) is 6.33. The lowest BCUT2D eigenvalue weighted by Crippen LogP contribution is -2.48. The van der Waals surface area contributed by atoms with Crippen LogP contribution in [-0.2, 0) is 4.79 Å². The highest BCUT2D eigenvalue weighted by Crippen LogP contribution is 2.32. The molecule has 0 aliphatic carbocycles. The lowest BCUT2D eigenvalue weighted by molar-refractivity contribution is -0.127. The lowest BCUT2D eigenvalue weighted by atomic mass is 9.76. The van der Waals surface area contributed by atoms with Crippen LogP contribution in [0.3, 0.4) is 0 Å². The Morgan fingerprint density at radius 2 is 2.37 bits per heavy atom. The molecule has 1 aliphatic heterocycles. The average Bonchev–Trinajstić information content (AvgIpc) is 2.43. The van der Waals surface area contributed by atoms with E-state index in [1.54, 1.807) is 6.20 Å². The van der Waals surface area contributed by atoms with Gasteiger partial charge in [0.05, 0.1) is 5.41 Å². The third-order valence-electron chi connectivity index (χ3n) is 3.84. The molecule has 1 unspecified atom stereocenters. The van der Waals surface area contributed by atoms with Crippen molar-refractivity contribution in [1.82, 2.24) is 10.3 Å². The molecule has 1 aromatic rings. The number of piperidine rings is 1. The molecule has 4 heteroatoms. The molecule has 4 nitrogen and oxygen atoms in total. The number of anilines is 1. The highest BCUT2D eigenvalue weighted by molar-refractivity contribution is 5.94. The Morgan fingerprint density at radius 3 is 2.95 bits per heavy atom. The standard InChI is InChI=1S/C15H23N3O/c1-3-7-15(8-4-9-16-11-15)14(19)18-13-6-5-12(2)10-17-13/h5-6,10,16H,3-4,7-9,11H2,1-2H3,(H,17,18,19). The maximum absolute atomic E-state index is 12.6. The first-order chi connectivity index (χ1) is 9.16. The summed E-state index contributed by atoms with van der Waals surface area (Å²) in [4.78, 5) is 16.8. The number of rotatable bonds is 4. The largest absolute Gasteiger partial charge is 0.316 e. The zero-order valence-corrected chi connectivity index (χ0v) is 11.8. The van der Waals surface area contributed by atoms with E-state index >= 15 is 0 Å². The second kappa shape index (κ2) is 6.15. The van der Waals surface area contributed by atoms with Crippen LogP contribution in [0.1, 0.15) is 38.2 Å². The van der Waals surface area contributed by atoms with Crippen molar-refractivity contribution < 1.29 is 4.79 Å². The molecule has 1 atom stereocenters. The summed E-state index contributed by atoms with van der Waals surface area (Å²) < 4.78 is 0. The molecule has 2 rings (SSSR count). The van der Waals surface area contributed by atoms with Crippen LogP contribution in [0.2, 0.25) is 0 Å². The van der Waals surface area contributed by atoms with E-state index in [-0.39, 0.29) is 11.3 Å². The normalized spacial score (nSPS) is 23.1. The number of carbonyl (C=O) groups excluding carboxylic acids is 1. The van der Waals surface area contributed by atoms with E-state index in [2.05, 4.69) is 22.5 Å². The highest BCUT2D eigenvalue weighted by atomic mass is 16.2. The number of nitrogens with one attached hydrogen (secondary N) is 2. The van der Waals surface area contributed by atoms with Gasteiger partial charge in [0.1, 0.15) is 5.82 Å². The summed E-state index contributed by atoms with van der Waals surface area (Å²) >= 11 is 0. The Morgan fingerprint density at radius 1 is 1.53 bits per heavy atom. The Kier molecular flexibility index (Phi) is 4.53. The molecule has 0 saturated carbocycles. The van der Waals surface area contributed by atoms with Crippen molar-refractivity contribution in [3.05, 3.63) is 23.9 Å². The fourth-order valence-corrected chi connectivity index (χ4v) is 2.76. The van der Waals surface area contributed by atoms with Crippen molar-refractivity contribution in [3.63, 3.8) is 0 Å². The molecule has 0 radical (unpaired) electrons. The highest BCUT2D eigenvalue weighted by Gasteiger charge is 2.38. The average molecular weight is 261 g/mol. The summed E-state index contributed by atoms with van der Waals surface area (Å²) in [6.45, 7) is 5.91. The first kappa shape index (κ1) is 14.0. The zero-order chi connectivity index (χ0) is 13.7. The van der Waals surface area contributed by atoms with Gasteiger partial charge in [-0.2, -0.15) is 0 Å². The maximum atomic E-state index is 12.6. The molecule has 1 saturated heterocycles. The SMILES string of the molecule is CCCC1(C(=O)Nc2ccc(C)cn2)CCCNC1. The third kappa shape index (κ3) is 3.32. The predicted molar refractivity (Wildman–Crippen MR) is 77.0 cm³/mol. The van der Waals surface area contributed by atoms with Gasteiger partial charge in [0.2, 0.25) is 5.91 Å². The minimum absolute atomic E-state index is 0.109. The number of pyridine rings is 1. The summed E-state index contributed by atoms with van der Waals surface area (Å²) in [5.41, 5.74) is 0.833. The molecule has 1 aromatic heterocycles. The number of nitrogens with zero attached hydrogens (tertiary/aromatic N) is 1. The molecular formula is C15H23N3O. The van der Waals surface area contributed by atoms with Gasteiger partial charge in [-0.25, -0.2) is 4.98 Å².